The Kier molecular flexibility index (Phi) is 6.57. The molecule has 2 aromatic carbocycles. The SMILES string of the molecule is COc1ccc(Nc2nccc(C(=O)NCCc3ccccc3F)n2)cc1OC. The molecule has 0 fully saturated rings. The van der Waals surface area contributed by atoms with E-state index >= 15 is 0 Å². The Bertz CT molecular complexity index is 997. The van der Waals surface area contributed by atoms with Gasteiger partial charge in [0.15, 0.2) is 11.5 Å². The highest BCUT2D eigenvalue weighted by Gasteiger charge is 2.10. The van der Waals surface area contributed by atoms with Crippen LogP contribution in [-0.4, -0.2) is 36.6 Å². The molecule has 0 spiro atoms. The molecule has 0 aliphatic heterocycles. The monoisotopic (exact) mass is 396 g/mol. The van der Waals surface area contributed by atoms with Gasteiger partial charge in [0, 0.05) is 24.5 Å². The fraction of sp³-hybridized carbons (Fsp3) is 0.190. The Morgan fingerprint density at radius 3 is 2.62 bits per heavy atom. The van der Waals surface area contributed by atoms with Crippen LogP contribution in [0, 0.1) is 5.82 Å². The molecule has 1 amide bonds. The Morgan fingerprint density at radius 1 is 1.07 bits per heavy atom. The first-order valence-electron chi connectivity index (χ1n) is 8.94. The fourth-order valence-corrected chi connectivity index (χ4v) is 2.69. The summed E-state index contributed by atoms with van der Waals surface area (Å²) in [6.45, 7) is 0.294. The summed E-state index contributed by atoms with van der Waals surface area (Å²) in [5, 5.41) is 5.77. The number of carbonyl (C=O) groups is 1. The summed E-state index contributed by atoms with van der Waals surface area (Å²) in [6, 6.07) is 13.3. The van der Waals surface area contributed by atoms with E-state index in [1.54, 1.807) is 50.6 Å². The second kappa shape index (κ2) is 9.50. The Morgan fingerprint density at radius 2 is 1.86 bits per heavy atom. The van der Waals surface area contributed by atoms with Crippen LogP contribution < -0.4 is 20.1 Å². The van der Waals surface area contributed by atoms with Crippen LogP contribution in [0.3, 0.4) is 0 Å². The summed E-state index contributed by atoms with van der Waals surface area (Å²) >= 11 is 0. The van der Waals surface area contributed by atoms with E-state index in [0.717, 1.165) is 0 Å². The molecule has 0 saturated heterocycles. The quantitative estimate of drug-likeness (QED) is 0.607. The van der Waals surface area contributed by atoms with Crippen LogP contribution in [0.2, 0.25) is 0 Å². The summed E-state index contributed by atoms with van der Waals surface area (Å²) in [4.78, 5) is 20.7. The van der Waals surface area contributed by atoms with Crippen molar-refractivity contribution in [1.82, 2.24) is 15.3 Å². The number of aromatic nitrogens is 2. The predicted molar refractivity (Wildman–Crippen MR) is 107 cm³/mol. The highest BCUT2D eigenvalue weighted by atomic mass is 19.1. The molecule has 0 atom stereocenters. The number of amides is 1. The van der Waals surface area contributed by atoms with Crippen LogP contribution in [-0.2, 0) is 6.42 Å². The van der Waals surface area contributed by atoms with E-state index in [1.165, 1.54) is 18.3 Å². The number of nitrogens with zero attached hydrogens (tertiary/aromatic N) is 2. The molecule has 1 aromatic heterocycles. The molecule has 1 heterocycles. The number of ether oxygens (including phenoxy) is 2. The summed E-state index contributed by atoms with van der Waals surface area (Å²) in [7, 11) is 3.10. The van der Waals surface area contributed by atoms with Gasteiger partial charge in [-0.2, -0.15) is 0 Å². The average molecular weight is 396 g/mol. The van der Waals surface area contributed by atoms with Crippen molar-refractivity contribution in [2.24, 2.45) is 0 Å². The second-order valence-corrected chi connectivity index (χ2v) is 6.06. The van der Waals surface area contributed by atoms with Gasteiger partial charge in [-0.05, 0) is 36.2 Å². The molecule has 0 aliphatic carbocycles. The van der Waals surface area contributed by atoms with E-state index < -0.39 is 0 Å². The van der Waals surface area contributed by atoms with Gasteiger partial charge in [-0.1, -0.05) is 18.2 Å². The Balaban J connectivity index is 1.63. The van der Waals surface area contributed by atoms with Crippen LogP contribution in [0.5, 0.6) is 11.5 Å². The molecule has 29 heavy (non-hydrogen) atoms. The van der Waals surface area contributed by atoms with Crippen molar-refractivity contribution in [2.75, 3.05) is 26.1 Å². The summed E-state index contributed by atoms with van der Waals surface area (Å²) in [5.41, 5.74) is 1.43. The molecule has 3 aromatic rings. The molecule has 3 rings (SSSR count). The molecule has 0 unspecified atom stereocenters. The van der Waals surface area contributed by atoms with Crippen molar-refractivity contribution >= 4 is 17.5 Å². The van der Waals surface area contributed by atoms with Crippen molar-refractivity contribution in [1.29, 1.82) is 0 Å². The Labute approximate surface area is 167 Å². The lowest BCUT2D eigenvalue weighted by Crippen LogP contribution is -2.27. The smallest absolute Gasteiger partial charge is 0.270 e. The van der Waals surface area contributed by atoms with Crippen LogP contribution >= 0.6 is 0 Å². The largest absolute Gasteiger partial charge is 0.493 e. The molecule has 0 saturated carbocycles. The third kappa shape index (κ3) is 5.19. The predicted octanol–water partition coefficient (Wildman–Crippen LogP) is 3.35. The molecule has 0 aliphatic rings. The number of hydrogen-bond donors (Lipinski definition) is 2. The Hall–Kier alpha value is -3.68. The third-order valence-corrected chi connectivity index (χ3v) is 4.17. The van der Waals surface area contributed by atoms with E-state index in [1.807, 2.05) is 0 Å². The fourth-order valence-electron chi connectivity index (χ4n) is 2.69. The molecule has 8 heteroatoms. The zero-order valence-electron chi connectivity index (χ0n) is 16.1. The van der Waals surface area contributed by atoms with Gasteiger partial charge in [-0.15, -0.1) is 0 Å². The first-order valence-corrected chi connectivity index (χ1v) is 8.94. The van der Waals surface area contributed by atoms with E-state index in [0.29, 0.717) is 35.7 Å². The lowest BCUT2D eigenvalue weighted by molar-refractivity contribution is 0.0949. The summed E-state index contributed by atoms with van der Waals surface area (Å²) in [6.07, 6.45) is 1.88. The van der Waals surface area contributed by atoms with Gasteiger partial charge >= 0.3 is 0 Å². The van der Waals surface area contributed by atoms with Crippen LogP contribution in [0.25, 0.3) is 0 Å². The van der Waals surface area contributed by atoms with Crippen LogP contribution in [0.1, 0.15) is 16.1 Å². The normalized spacial score (nSPS) is 10.3. The van der Waals surface area contributed by atoms with Crippen LogP contribution in [0.15, 0.2) is 54.7 Å². The molecular formula is C21H21FN4O3. The van der Waals surface area contributed by atoms with Crippen molar-refractivity contribution in [3.8, 4) is 11.5 Å². The maximum Gasteiger partial charge on any atom is 0.270 e. The molecule has 150 valence electrons. The first kappa shape index (κ1) is 20.1. The number of methoxy groups -OCH3 is 2. The van der Waals surface area contributed by atoms with Crippen molar-refractivity contribution < 1.29 is 18.7 Å². The van der Waals surface area contributed by atoms with E-state index in [2.05, 4.69) is 20.6 Å². The summed E-state index contributed by atoms with van der Waals surface area (Å²) < 4.78 is 24.1. The lowest BCUT2D eigenvalue weighted by atomic mass is 10.1. The van der Waals surface area contributed by atoms with Gasteiger partial charge < -0.3 is 20.1 Å². The zero-order chi connectivity index (χ0) is 20.6. The minimum atomic E-state index is -0.362. The number of anilines is 2. The third-order valence-electron chi connectivity index (χ3n) is 4.17. The number of nitrogens with one attached hydrogen (secondary N) is 2. The zero-order valence-corrected chi connectivity index (χ0v) is 16.1. The highest BCUT2D eigenvalue weighted by Crippen LogP contribution is 2.30. The molecule has 0 bridgehead atoms. The minimum absolute atomic E-state index is 0.205. The summed E-state index contributed by atoms with van der Waals surface area (Å²) in [5.74, 6) is 0.768. The van der Waals surface area contributed by atoms with Crippen LogP contribution in [0.4, 0.5) is 16.0 Å². The second-order valence-electron chi connectivity index (χ2n) is 6.06. The van der Waals surface area contributed by atoms with Crippen molar-refractivity contribution in [3.05, 3.63) is 71.8 Å². The average Bonchev–Trinajstić information content (AvgIpc) is 2.75. The van der Waals surface area contributed by atoms with E-state index in [-0.39, 0.29) is 23.4 Å². The van der Waals surface area contributed by atoms with Crippen molar-refractivity contribution in [3.63, 3.8) is 0 Å². The standard InChI is InChI=1S/C21H21FN4O3/c1-28-18-8-7-15(13-19(18)29-2)25-21-24-12-10-17(26-21)20(27)23-11-9-14-5-3-4-6-16(14)22/h3-8,10,12-13H,9,11H2,1-2H3,(H,23,27)(H,24,25,26). The number of carbonyl (C=O) groups excluding carboxylic acids is 1. The number of hydrogen-bond acceptors (Lipinski definition) is 6. The van der Waals surface area contributed by atoms with Gasteiger partial charge in [0.05, 0.1) is 14.2 Å². The lowest BCUT2D eigenvalue weighted by Gasteiger charge is -2.11. The first-order chi connectivity index (χ1) is 14.1. The van der Waals surface area contributed by atoms with E-state index in [4.69, 9.17) is 9.47 Å². The van der Waals surface area contributed by atoms with Crippen molar-refractivity contribution in [2.45, 2.75) is 6.42 Å². The number of rotatable bonds is 8. The van der Waals surface area contributed by atoms with Gasteiger partial charge in [0.25, 0.3) is 5.91 Å². The van der Waals surface area contributed by atoms with Gasteiger partial charge in [0.2, 0.25) is 5.95 Å². The number of benzene rings is 2. The van der Waals surface area contributed by atoms with Gasteiger partial charge in [0.1, 0.15) is 11.5 Å². The van der Waals surface area contributed by atoms with Gasteiger partial charge in [-0.25, -0.2) is 14.4 Å². The molecular weight excluding hydrogens is 375 g/mol. The maximum atomic E-state index is 13.6. The molecule has 2 N–H and O–H groups in total. The number of halogens is 1. The minimum Gasteiger partial charge on any atom is -0.493 e. The molecule has 0 radical (unpaired) electrons. The maximum absolute atomic E-state index is 13.6. The van der Waals surface area contributed by atoms with Gasteiger partial charge in [-0.3, -0.25) is 4.79 Å². The molecule has 7 nitrogen and oxygen atoms in total. The van der Waals surface area contributed by atoms with E-state index in [9.17, 15) is 9.18 Å². The highest BCUT2D eigenvalue weighted by molar-refractivity contribution is 5.92. The topological polar surface area (TPSA) is 85.4 Å².